The molecule has 3 nitrogen and oxygen atoms in total. The molecule has 11 heavy (non-hydrogen) atoms. The predicted octanol–water partition coefficient (Wildman–Crippen LogP) is -0.0929. The van der Waals surface area contributed by atoms with Crippen molar-refractivity contribution in [2.24, 2.45) is 5.92 Å². The standard InChI is InChI=1S/C8H14O3/c9-6-2-1-5(3-7(6)10)8-4-11-8/h5-10H,1-4H2/t5-,6+,7+,8-/m0/s1. The van der Waals surface area contributed by atoms with E-state index in [9.17, 15) is 10.2 Å². The lowest BCUT2D eigenvalue weighted by Gasteiger charge is -2.28. The fraction of sp³-hybridized carbons (Fsp3) is 1.00. The zero-order valence-electron chi connectivity index (χ0n) is 6.44. The molecule has 0 amide bonds. The Bertz CT molecular complexity index is 144. The predicted molar refractivity (Wildman–Crippen MR) is 39.1 cm³/mol. The topological polar surface area (TPSA) is 53.0 Å². The molecule has 4 atom stereocenters. The van der Waals surface area contributed by atoms with Crippen molar-refractivity contribution in [3.63, 3.8) is 0 Å². The molecule has 2 N–H and O–H groups in total. The summed E-state index contributed by atoms with van der Waals surface area (Å²) >= 11 is 0. The van der Waals surface area contributed by atoms with Crippen LogP contribution in [-0.4, -0.2) is 35.1 Å². The van der Waals surface area contributed by atoms with Gasteiger partial charge in [-0.05, 0) is 25.2 Å². The molecule has 0 aromatic rings. The van der Waals surface area contributed by atoms with Gasteiger partial charge in [0.05, 0.1) is 24.9 Å². The molecule has 2 fully saturated rings. The highest BCUT2D eigenvalue weighted by atomic mass is 16.6. The largest absolute Gasteiger partial charge is 0.390 e. The summed E-state index contributed by atoms with van der Waals surface area (Å²) < 4.78 is 5.14. The van der Waals surface area contributed by atoms with Crippen molar-refractivity contribution in [2.45, 2.75) is 37.6 Å². The maximum atomic E-state index is 9.32. The molecule has 0 aromatic heterocycles. The van der Waals surface area contributed by atoms with Gasteiger partial charge in [-0.2, -0.15) is 0 Å². The van der Waals surface area contributed by atoms with Gasteiger partial charge in [-0.15, -0.1) is 0 Å². The second-order valence-electron chi connectivity index (χ2n) is 3.58. The molecule has 0 bridgehead atoms. The van der Waals surface area contributed by atoms with Crippen LogP contribution in [0.1, 0.15) is 19.3 Å². The third-order valence-corrected chi connectivity index (χ3v) is 2.71. The van der Waals surface area contributed by atoms with Crippen molar-refractivity contribution in [2.75, 3.05) is 6.61 Å². The number of rotatable bonds is 1. The van der Waals surface area contributed by atoms with Crippen molar-refractivity contribution in [1.29, 1.82) is 0 Å². The summed E-state index contributed by atoms with van der Waals surface area (Å²) in [5, 5.41) is 18.5. The SMILES string of the molecule is O[C@@H]1CC[C@H]([C@@H]2CO2)C[C@H]1O. The molecule has 0 unspecified atom stereocenters. The Morgan fingerprint density at radius 1 is 1.09 bits per heavy atom. The van der Waals surface area contributed by atoms with Crippen LogP contribution in [0.2, 0.25) is 0 Å². The van der Waals surface area contributed by atoms with Crippen LogP contribution in [0.5, 0.6) is 0 Å². The maximum absolute atomic E-state index is 9.32. The zero-order valence-corrected chi connectivity index (χ0v) is 6.44. The summed E-state index contributed by atoms with van der Waals surface area (Å²) in [5.41, 5.74) is 0. The van der Waals surface area contributed by atoms with E-state index in [1.54, 1.807) is 0 Å². The van der Waals surface area contributed by atoms with E-state index in [2.05, 4.69) is 0 Å². The number of aliphatic hydroxyl groups excluding tert-OH is 2. The van der Waals surface area contributed by atoms with Crippen LogP contribution in [0.25, 0.3) is 0 Å². The first-order valence-corrected chi connectivity index (χ1v) is 4.25. The van der Waals surface area contributed by atoms with Crippen LogP contribution in [0.4, 0.5) is 0 Å². The summed E-state index contributed by atoms with van der Waals surface area (Å²) in [6.07, 6.45) is 1.82. The minimum Gasteiger partial charge on any atom is -0.390 e. The van der Waals surface area contributed by atoms with E-state index >= 15 is 0 Å². The van der Waals surface area contributed by atoms with Gasteiger partial charge in [-0.25, -0.2) is 0 Å². The van der Waals surface area contributed by atoms with Gasteiger partial charge in [-0.3, -0.25) is 0 Å². The first-order chi connectivity index (χ1) is 5.27. The Hall–Kier alpha value is -0.120. The minimum atomic E-state index is -0.516. The van der Waals surface area contributed by atoms with Gasteiger partial charge in [0, 0.05) is 0 Å². The molecule has 64 valence electrons. The Labute approximate surface area is 66.0 Å². The second kappa shape index (κ2) is 2.73. The Morgan fingerprint density at radius 2 is 1.82 bits per heavy atom. The van der Waals surface area contributed by atoms with Crippen LogP contribution < -0.4 is 0 Å². The van der Waals surface area contributed by atoms with Crippen molar-refractivity contribution < 1.29 is 14.9 Å². The van der Waals surface area contributed by atoms with Crippen molar-refractivity contribution in [3.05, 3.63) is 0 Å². The van der Waals surface area contributed by atoms with Gasteiger partial charge in [-0.1, -0.05) is 0 Å². The molecule has 0 radical (unpaired) electrons. The first kappa shape index (κ1) is 7.53. The molecular weight excluding hydrogens is 144 g/mol. The van der Waals surface area contributed by atoms with Gasteiger partial charge in [0.25, 0.3) is 0 Å². The number of epoxide rings is 1. The van der Waals surface area contributed by atoms with Gasteiger partial charge in [0.15, 0.2) is 0 Å². The maximum Gasteiger partial charge on any atom is 0.0839 e. The summed E-state index contributed by atoms with van der Waals surface area (Å²) in [4.78, 5) is 0. The smallest absolute Gasteiger partial charge is 0.0839 e. The summed E-state index contributed by atoms with van der Waals surface area (Å²) in [6, 6.07) is 0. The number of ether oxygens (including phenoxy) is 1. The lowest BCUT2D eigenvalue weighted by molar-refractivity contribution is -0.0291. The Kier molecular flexibility index (Phi) is 1.87. The zero-order chi connectivity index (χ0) is 7.84. The van der Waals surface area contributed by atoms with E-state index in [1.807, 2.05) is 0 Å². The summed E-state index contributed by atoms with van der Waals surface area (Å²) in [7, 11) is 0. The third kappa shape index (κ3) is 1.55. The van der Waals surface area contributed by atoms with Crippen LogP contribution >= 0.6 is 0 Å². The van der Waals surface area contributed by atoms with Gasteiger partial charge < -0.3 is 14.9 Å². The lowest BCUT2D eigenvalue weighted by Crippen LogP contribution is -2.35. The van der Waals surface area contributed by atoms with Crippen LogP contribution in [0.15, 0.2) is 0 Å². The number of hydrogen-bond donors (Lipinski definition) is 2. The van der Waals surface area contributed by atoms with E-state index in [1.165, 1.54) is 0 Å². The molecule has 3 heteroatoms. The molecule has 1 saturated heterocycles. The molecule has 2 rings (SSSR count). The van der Waals surface area contributed by atoms with Crippen LogP contribution in [0.3, 0.4) is 0 Å². The van der Waals surface area contributed by atoms with E-state index in [-0.39, 0.29) is 0 Å². The first-order valence-electron chi connectivity index (χ1n) is 4.25. The quantitative estimate of drug-likeness (QED) is 0.524. The molecule has 0 aromatic carbocycles. The van der Waals surface area contributed by atoms with Crippen LogP contribution in [-0.2, 0) is 4.74 Å². The molecule has 1 aliphatic heterocycles. The molecule has 1 saturated carbocycles. The molecule has 1 heterocycles. The highest BCUT2D eigenvalue weighted by molar-refractivity contribution is 4.87. The average molecular weight is 158 g/mol. The lowest BCUT2D eigenvalue weighted by atomic mass is 9.83. The average Bonchev–Trinajstić information content (AvgIpc) is 2.77. The molecule has 0 spiro atoms. The fourth-order valence-electron chi connectivity index (χ4n) is 1.83. The van der Waals surface area contributed by atoms with Crippen molar-refractivity contribution in [1.82, 2.24) is 0 Å². The molecule has 2 aliphatic rings. The van der Waals surface area contributed by atoms with Crippen molar-refractivity contribution >= 4 is 0 Å². The van der Waals surface area contributed by atoms with E-state index in [0.29, 0.717) is 18.4 Å². The summed E-state index contributed by atoms with van der Waals surface area (Å²) in [6.45, 7) is 0.855. The number of aliphatic hydroxyl groups is 2. The highest BCUT2D eigenvalue weighted by Gasteiger charge is 2.38. The Balaban J connectivity index is 1.86. The minimum absolute atomic E-state index is 0.386. The Morgan fingerprint density at radius 3 is 2.36 bits per heavy atom. The fourth-order valence-corrected chi connectivity index (χ4v) is 1.83. The van der Waals surface area contributed by atoms with E-state index < -0.39 is 12.2 Å². The van der Waals surface area contributed by atoms with Crippen LogP contribution in [0, 0.1) is 5.92 Å². The third-order valence-electron chi connectivity index (χ3n) is 2.71. The van der Waals surface area contributed by atoms with Gasteiger partial charge >= 0.3 is 0 Å². The summed E-state index contributed by atoms with van der Waals surface area (Å²) in [5.74, 6) is 0.494. The van der Waals surface area contributed by atoms with Gasteiger partial charge in [0.2, 0.25) is 0 Å². The van der Waals surface area contributed by atoms with E-state index in [0.717, 1.165) is 19.4 Å². The normalized spacial score (nSPS) is 50.7. The monoisotopic (exact) mass is 158 g/mol. The second-order valence-corrected chi connectivity index (χ2v) is 3.58. The van der Waals surface area contributed by atoms with Gasteiger partial charge in [0.1, 0.15) is 0 Å². The number of hydrogen-bond acceptors (Lipinski definition) is 3. The van der Waals surface area contributed by atoms with Crippen molar-refractivity contribution in [3.8, 4) is 0 Å². The highest BCUT2D eigenvalue weighted by Crippen LogP contribution is 2.33. The van der Waals surface area contributed by atoms with E-state index in [4.69, 9.17) is 4.74 Å². The molecule has 1 aliphatic carbocycles. The molecular formula is C8H14O3.